The minimum atomic E-state index is -0.814. The Morgan fingerprint density at radius 3 is 2.55 bits per heavy atom. The third-order valence-corrected chi connectivity index (χ3v) is 2.85. The van der Waals surface area contributed by atoms with Crippen LogP contribution in [0, 0.1) is 11.6 Å². The number of halogens is 3. The summed E-state index contributed by atoms with van der Waals surface area (Å²) < 4.78 is 33.2. The minimum Gasteiger partial charge on any atom is -0.461 e. The van der Waals surface area contributed by atoms with Gasteiger partial charge >= 0.3 is 6.01 Å². The van der Waals surface area contributed by atoms with Gasteiger partial charge in [-0.05, 0) is 41.9 Å². The summed E-state index contributed by atoms with van der Waals surface area (Å²) in [7, 11) is 0. The quantitative estimate of drug-likeness (QED) is 0.866. The van der Waals surface area contributed by atoms with Gasteiger partial charge in [-0.15, -0.1) is 0 Å². The highest BCUT2D eigenvalue weighted by Crippen LogP contribution is 2.29. The summed E-state index contributed by atoms with van der Waals surface area (Å²) >= 11 is 2.98. The normalized spacial score (nSPS) is 10.9. The van der Waals surface area contributed by atoms with Crippen LogP contribution < -0.4 is 10.5 Å². The van der Waals surface area contributed by atoms with Crippen LogP contribution in [0.2, 0.25) is 0 Å². The summed E-state index contributed by atoms with van der Waals surface area (Å²) in [5, 5.41) is 0. The van der Waals surface area contributed by atoms with Crippen molar-refractivity contribution in [3.63, 3.8) is 0 Å². The SMILES string of the molecule is CC(C)Oc1nc(N)nc(-c2c(F)ccc(Br)c2F)n1. The van der Waals surface area contributed by atoms with Gasteiger partial charge in [-0.2, -0.15) is 15.0 Å². The zero-order valence-electron chi connectivity index (χ0n) is 10.7. The highest BCUT2D eigenvalue weighted by molar-refractivity contribution is 9.10. The average Bonchev–Trinajstić information content (AvgIpc) is 2.33. The van der Waals surface area contributed by atoms with Crippen molar-refractivity contribution in [2.45, 2.75) is 20.0 Å². The Bertz CT molecular complexity index is 652. The molecule has 5 nitrogen and oxygen atoms in total. The molecule has 0 amide bonds. The van der Waals surface area contributed by atoms with Gasteiger partial charge in [0, 0.05) is 0 Å². The van der Waals surface area contributed by atoms with Gasteiger partial charge in [0.05, 0.1) is 16.1 Å². The molecule has 106 valence electrons. The fourth-order valence-corrected chi connectivity index (χ4v) is 1.81. The van der Waals surface area contributed by atoms with Crippen molar-refractivity contribution in [2.75, 3.05) is 5.73 Å². The van der Waals surface area contributed by atoms with E-state index in [0.717, 1.165) is 6.07 Å². The Morgan fingerprint density at radius 2 is 1.90 bits per heavy atom. The molecule has 0 saturated heterocycles. The number of ether oxygens (including phenoxy) is 1. The lowest BCUT2D eigenvalue weighted by Gasteiger charge is -2.10. The number of benzene rings is 1. The average molecular weight is 345 g/mol. The van der Waals surface area contributed by atoms with E-state index in [9.17, 15) is 8.78 Å². The molecule has 0 aliphatic heterocycles. The van der Waals surface area contributed by atoms with Crippen molar-refractivity contribution in [2.24, 2.45) is 0 Å². The fourth-order valence-electron chi connectivity index (χ4n) is 1.48. The number of nitrogens with zero attached hydrogens (tertiary/aromatic N) is 3. The molecule has 0 saturated carbocycles. The molecule has 0 atom stereocenters. The lowest BCUT2D eigenvalue weighted by molar-refractivity contribution is 0.222. The molecule has 20 heavy (non-hydrogen) atoms. The highest BCUT2D eigenvalue weighted by Gasteiger charge is 2.19. The number of hydrogen-bond acceptors (Lipinski definition) is 5. The minimum absolute atomic E-state index is 0.0822. The number of rotatable bonds is 3. The van der Waals surface area contributed by atoms with E-state index in [0.29, 0.717) is 0 Å². The maximum Gasteiger partial charge on any atom is 0.322 e. The van der Waals surface area contributed by atoms with Crippen molar-refractivity contribution in [3.8, 4) is 17.4 Å². The molecule has 0 radical (unpaired) electrons. The lowest BCUT2D eigenvalue weighted by Crippen LogP contribution is -2.11. The van der Waals surface area contributed by atoms with Crippen LogP contribution in [0.1, 0.15) is 13.8 Å². The predicted molar refractivity (Wildman–Crippen MR) is 73.1 cm³/mol. The second-order valence-electron chi connectivity index (χ2n) is 4.18. The van der Waals surface area contributed by atoms with E-state index in [2.05, 4.69) is 30.9 Å². The van der Waals surface area contributed by atoms with Crippen LogP contribution in [0.15, 0.2) is 16.6 Å². The smallest absolute Gasteiger partial charge is 0.322 e. The van der Waals surface area contributed by atoms with Crippen molar-refractivity contribution in [3.05, 3.63) is 28.2 Å². The van der Waals surface area contributed by atoms with Crippen LogP contribution in [0.25, 0.3) is 11.4 Å². The zero-order chi connectivity index (χ0) is 14.9. The van der Waals surface area contributed by atoms with Crippen LogP contribution in [-0.2, 0) is 0 Å². The van der Waals surface area contributed by atoms with Crippen LogP contribution in [0.4, 0.5) is 14.7 Å². The monoisotopic (exact) mass is 344 g/mol. The lowest BCUT2D eigenvalue weighted by atomic mass is 10.2. The molecule has 8 heteroatoms. The van der Waals surface area contributed by atoms with E-state index < -0.39 is 11.6 Å². The van der Waals surface area contributed by atoms with E-state index >= 15 is 0 Å². The van der Waals surface area contributed by atoms with Gasteiger partial charge in [0.1, 0.15) is 5.82 Å². The highest BCUT2D eigenvalue weighted by atomic mass is 79.9. The number of hydrogen-bond donors (Lipinski definition) is 1. The van der Waals surface area contributed by atoms with Crippen LogP contribution in [0.5, 0.6) is 6.01 Å². The van der Waals surface area contributed by atoms with Crippen LogP contribution in [-0.4, -0.2) is 21.1 Å². The molecule has 0 unspecified atom stereocenters. The van der Waals surface area contributed by atoms with Crippen molar-refractivity contribution in [1.29, 1.82) is 0 Å². The second kappa shape index (κ2) is 5.66. The van der Waals surface area contributed by atoms with E-state index in [-0.39, 0.29) is 33.9 Å². The van der Waals surface area contributed by atoms with Gasteiger partial charge in [0.2, 0.25) is 5.95 Å². The topological polar surface area (TPSA) is 73.9 Å². The Labute approximate surface area is 122 Å². The summed E-state index contributed by atoms with van der Waals surface area (Å²) in [6.07, 6.45) is -0.207. The number of nitrogen functional groups attached to an aromatic ring is 1. The predicted octanol–water partition coefficient (Wildman–Crippen LogP) is 2.95. The van der Waals surface area contributed by atoms with Gasteiger partial charge in [-0.3, -0.25) is 0 Å². The number of nitrogens with two attached hydrogens (primary N) is 1. The molecule has 2 rings (SSSR count). The van der Waals surface area contributed by atoms with E-state index in [1.807, 2.05) is 0 Å². The summed E-state index contributed by atoms with van der Waals surface area (Å²) in [4.78, 5) is 11.4. The van der Waals surface area contributed by atoms with Crippen molar-refractivity contribution < 1.29 is 13.5 Å². The largest absolute Gasteiger partial charge is 0.461 e. The van der Waals surface area contributed by atoms with Crippen molar-refractivity contribution >= 4 is 21.9 Å². The van der Waals surface area contributed by atoms with E-state index in [1.54, 1.807) is 13.8 Å². The number of aromatic nitrogens is 3. The maximum atomic E-state index is 14.0. The van der Waals surface area contributed by atoms with Gasteiger partial charge in [0.25, 0.3) is 0 Å². The molecule has 0 aliphatic carbocycles. The van der Waals surface area contributed by atoms with E-state index in [1.165, 1.54) is 6.07 Å². The Morgan fingerprint density at radius 1 is 1.20 bits per heavy atom. The first-order chi connectivity index (χ1) is 9.38. The molecule has 2 N–H and O–H groups in total. The molecule has 1 aromatic heterocycles. The van der Waals surface area contributed by atoms with Gasteiger partial charge in [-0.25, -0.2) is 8.78 Å². The van der Waals surface area contributed by atoms with E-state index in [4.69, 9.17) is 10.5 Å². The molecule has 0 aliphatic rings. The van der Waals surface area contributed by atoms with Crippen LogP contribution in [0.3, 0.4) is 0 Å². The molecule has 0 fully saturated rings. The molecule has 1 heterocycles. The van der Waals surface area contributed by atoms with Gasteiger partial charge in [0.15, 0.2) is 11.6 Å². The molecule has 2 aromatic rings. The first kappa shape index (κ1) is 14.6. The standard InChI is InChI=1S/C12H11BrF2N4O/c1-5(2)20-12-18-10(17-11(16)19-12)8-7(14)4-3-6(13)9(8)15/h3-5H,1-2H3,(H2,16,17,18,19). The number of anilines is 1. The first-order valence-corrected chi connectivity index (χ1v) is 6.50. The Kier molecular flexibility index (Phi) is 4.12. The van der Waals surface area contributed by atoms with Crippen LogP contribution >= 0.6 is 15.9 Å². The summed E-state index contributed by atoms with van der Waals surface area (Å²) in [5.74, 6) is -2.01. The molecule has 0 bridgehead atoms. The molecular weight excluding hydrogens is 334 g/mol. The van der Waals surface area contributed by atoms with Gasteiger partial charge in [-0.1, -0.05) is 0 Å². The second-order valence-corrected chi connectivity index (χ2v) is 5.04. The molecule has 1 aromatic carbocycles. The Hall–Kier alpha value is -1.83. The van der Waals surface area contributed by atoms with Crippen molar-refractivity contribution in [1.82, 2.24) is 15.0 Å². The summed E-state index contributed by atoms with van der Waals surface area (Å²) in [6.45, 7) is 3.53. The molecule has 0 spiro atoms. The third-order valence-electron chi connectivity index (χ3n) is 2.24. The molecular formula is C12H11BrF2N4O. The Balaban J connectivity index is 2.58. The van der Waals surface area contributed by atoms with Gasteiger partial charge < -0.3 is 10.5 Å². The maximum absolute atomic E-state index is 14.0. The summed E-state index contributed by atoms with van der Waals surface area (Å²) in [6, 6.07) is 2.27. The first-order valence-electron chi connectivity index (χ1n) is 5.70. The zero-order valence-corrected chi connectivity index (χ0v) is 12.3. The fraction of sp³-hybridized carbons (Fsp3) is 0.250. The summed E-state index contributed by atoms with van der Waals surface area (Å²) in [5.41, 5.74) is 5.12. The third kappa shape index (κ3) is 3.01.